The molecule has 1 aliphatic rings. The maximum atomic E-state index is 4.00. The van der Waals surface area contributed by atoms with E-state index in [0.717, 1.165) is 12.3 Å². The van der Waals surface area contributed by atoms with Gasteiger partial charge in [0.25, 0.3) is 0 Å². The number of hydrogen-bond acceptors (Lipinski definition) is 1. The molecular weight excluding hydrogens is 158 g/mol. The molecule has 0 saturated heterocycles. The lowest BCUT2D eigenvalue weighted by atomic mass is 9.82. The molecule has 13 heavy (non-hydrogen) atoms. The number of rotatable bonds is 4. The highest BCUT2D eigenvalue weighted by Gasteiger charge is 2.21. The molecule has 1 nitrogen and oxygen atoms in total. The highest BCUT2D eigenvalue weighted by Crippen LogP contribution is 2.28. The molecule has 0 aliphatic heterocycles. The fourth-order valence-electron chi connectivity index (χ4n) is 2.42. The Kier molecular flexibility index (Phi) is 4.51. The van der Waals surface area contributed by atoms with Crippen LogP contribution in [0.1, 0.15) is 45.4 Å². The molecule has 1 heteroatoms. The van der Waals surface area contributed by atoms with Gasteiger partial charge in [-0.25, -0.2) is 0 Å². The summed E-state index contributed by atoms with van der Waals surface area (Å²) >= 11 is 0. The van der Waals surface area contributed by atoms with Gasteiger partial charge in [-0.05, 0) is 39.2 Å². The number of nitrogens with one attached hydrogen (secondary N) is 1. The van der Waals surface area contributed by atoms with Gasteiger partial charge < -0.3 is 5.32 Å². The predicted molar refractivity (Wildman–Crippen MR) is 58.9 cm³/mol. The van der Waals surface area contributed by atoms with Crippen LogP contribution in [0.4, 0.5) is 0 Å². The van der Waals surface area contributed by atoms with E-state index in [1.54, 1.807) is 0 Å². The minimum absolute atomic E-state index is 0.679. The molecule has 1 fully saturated rings. The second-order valence-corrected chi connectivity index (χ2v) is 4.45. The maximum Gasteiger partial charge on any atom is 0.0129 e. The Morgan fingerprint density at radius 1 is 1.38 bits per heavy atom. The summed E-state index contributed by atoms with van der Waals surface area (Å²) < 4.78 is 0. The molecule has 0 heterocycles. The highest BCUT2D eigenvalue weighted by molar-refractivity contribution is 4.95. The average molecular weight is 181 g/mol. The van der Waals surface area contributed by atoms with Crippen LogP contribution in [0.15, 0.2) is 12.2 Å². The molecule has 76 valence electrons. The van der Waals surface area contributed by atoms with Crippen molar-refractivity contribution in [3.63, 3.8) is 0 Å². The summed E-state index contributed by atoms with van der Waals surface area (Å²) in [6.07, 6.45) is 8.29. The first-order valence-electron chi connectivity index (χ1n) is 5.55. The zero-order valence-electron chi connectivity index (χ0n) is 9.10. The lowest BCUT2D eigenvalue weighted by Gasteiger charge is -2.30. The topological polar surface area (TPSA) is 12.0 Å². The molecule has 1 atom stereocenters. The van der Waals surface area contributed by atoms with Gasteiger partial charge in [-0.1, -0.05) is 24.8 Å². The Balaban J connectivity index is 2.39. The van der Waals surface area contributed by atoms with Crippen molar-refractivity contribution < 1.29 is 0 Å². The van der Waals surface area contributed by atoms with E-state index in [1.165, 1.54) is 37.7 Å². The molecule has 0 amide bonds. The SMILES string of the molecule is C=C(C)CC(NC)C1CCCCC1. The summed E-state index contributed by atoms with van der Waals surface area (Å²) in [4.78, 5) is 0. The van der Waals surface area contributed by atoms with Crippen molar-refractivity contribution in [2.45, 2.75) is 51.5 Å². The third-order valence-corrected chi connectivity index (χ3v) is 3.16. The Bertz CT molecular complexity index is 157. The van der Waals surface area contributed by atoms with Gasteiger partial charge in [-0.3, -0.25) is 0 Å². The van der Waals surface area contributed by atoms with Gasteiger partial charge in [-0.2, -0.15) is 0 Å². The van der Waals surface area contributed by atoms with Crippen LogP contribution >= 0.6 is 0 Å². The standard InChI is InChI=1S/C12H23N/c1-10(2)9-12(13-3)11-7-5-4-6-8-11/h11-13H,1,4-9H2,2-3H3. The second-order valence-electron chi connectivity index (χ2n) is 4.45. The van der Waals surface area contributed by atoms with Crippen molar-refractivity contribution in [3.8, 4) is 0 Å². The summed E-state index contributed by atoms with van der Waals surface area (Å²) in [5.41, 5.74) is 1.31. The zero-order chi connectivity index (χ0) is 9.68. The fraction of sp³-hybridized carbons (Fsp3) is 0.833. The van der Waals surface area contributed by atoms with E-state index < -0.39 is 0 Å². The molecule has 1 aliphatic carbocycles. The minimum atomic E-state index is 0.679. The summed E-state index contributed by atoms with van der Waals surface area (Å²) in [6.45, 7) is 6.13. The van der Waals surface area contributed by atoms with E-state index >= 15 is 0 Å². The second kappa shape index (κ2) is 5.43. The zero-order valence-corrected chi connectivity index (χ0v) is 9.10. The summed E-state index contributed by atoms with van der Waals surface area (Å²) in [5, 5.41) is 3.44. The lowest BCUT2D eigenvalue weighted by Crippen LogP contribution is -2.34. The Labute approximate surface area is 82.6 Å². The van der Waals surface area contributed by atoms with E-state index in [-0.39, 0.29) is 0 Å². The monoisotopic (exact) mass is 181 g/mol. The maximum absolute atomic E-state index is 4.00. The molecule has 0 aromatic carbocycles. The van der Waals surface area contributed by atoms with Gasteiger partial charge in [0.05, 0.1) is 0 Å². The lowest BCUT2D eigenvalue weighted by molar-refractivity contribution is 0.276. The van der Waals surface area contributed by atoms with E-state index in [0.29, 0.717) is 6.04 Å². The molecule has 0 spiro atoms. The van der Waals surface area contributed by atoms with E-state index in [1.807, 2.05) is 0 Å². The average Bonchev–Trinajstić information content (AvgIpc) is 2.15. The summed E-state index contributed by atoms with van der Waals surface area (Å²) in [6, 6.07) is 0.679. The van der Waals surface area contributed by atoms with Gasteiger partial charge in [0.2, 0.25) is 0 Å². The third kappa shape index (κ3) is 3.51. The van der Waals surface area contributed by atoms with Crippen molar-refractivity contribution in [1.29, 1.82) is 0 Å². The normalized spacial score (nSPS) is 21.4. The highest BCUT2D eigenvalue weighted by atomic mass is 14.9. The fourth-order valence-corrected chi connectivity index (χ4v) is 2.42. The quantitative estimate of drug-likeness (QED) is 0.657. The third-order valence-electron chi connectivity index (χ3n) is 3.16. The van der Waals surface area contributed by atoms with Crippen molar-refractivity contribution in [3.05, 3.63) is 12.2 Å². The summed E-state index contributed by atoms with van der Waals surface area (Å²) in [5.74, 6) is 0.899. The Hall–Kier alpha value is -0.300. The Morgan fingerprint density at radius 3 is 2.46 bits per heavy atom. The molecule has 0 radical (unpaired) electrons. The molecule has 0 aromatic heterocycles. The number of hydrogen-bond donors (Lipinski definition) is 1. The molecule has 1 rings (SSSR count). The van der Waals surface area contributed by atoms with Crippen LogP contribution in [0.2, 0.25) is 0 Å². The minimum Gasteiger partial charge on any atom is -0.316 e. The van der Waals surface area contributed by atoms with Crippen molar-refractivity contribution >= 4 is 0 Å². The van der Waals surface area contributed by atoms with Crippen molar-refractivity contribution in [2.75, 3.05) is 7.05 Å². The first-order valence-corrected chi connectivity index (χ1v) is 5.55. The van der Waals surface area contributed by atoms with Gasteiger partial charge >= 0.3 is 0 Å². The first kappa shape index (κ1) is 10.8. The van der Waals surface area contributed by atoms with Crippen LogP contribution < -0.4 is 5.32 Å². The van der Waals surface area contributed by atoms with E-state index in [2.05, 4.69) is 25.9 Å². The molecule has 1 N–H and O–H groups in total. The van der Waals surface area contributed by atoms with Crippen LogP contribution in [0.25, 0.3) is 0 Å². The van der Waals surface area contributed by atoms with Gasteiger partial charge in [0, 0.05) is 6.04 Å². The van der Waals surface area contributed by atoms with Gasteiger partial charge in [0.15, 0.2) is 0 Å². The molecular formula is C12H23N. The smallest absolute Gasteiger partial charge is 0.0129 e. The molecule has 1 unspecified atom stereocenters. The van der Waals surface area contributed by atoms with Crippen LogP contribution in [-0.4, -0.2) is 13.1 Å². The largest absolute Gasteiger partial charge is 0.316 e. The van der Waals surface area contributed by atoms with Crippen molar-refractivity contribution in [2.24, 2.45) is 5.92 Å². The first-order chi connectivity index (χ1) is 6.24. The van der Waals surface area contributed by atoms with Gasteiger partial charge in [0.1, 0.15) is 0 Å². The van der Waals surface area contributed by atoms with E-state index in [9.17, 15) is 0 Å². The predicted octanol–water partition coefficient (Wildman–Crippen LogP) is 3.12. The molecule has 0 bridgehead atoms. The molecule has 0 aromatic rings. The summed E-state index contributed by atoms with van der Waals surface area (Å²) in [7, 11) is 2.09. The molecule has 1 saturated carbocycles. The van der Waals surface area contributed by atoms with Crippen LogP contribution in [0.3, 0.4) is 0 Å². The van der Waals surface area contributed by atoms with Crippen LogP contribution in [0.5, 0.6) is 0 Å². The van der Waals surface area contributed by atoms with E-state index in [4.69, 9.17) is 0 Å². The van der Waals surface area contributed by atoms with Gasteiger partial charge in [-0.15, -0.1) is 6.58 Å². The van der Waals surface area contributed by atoms with Crippen LogP contribution in [0, 0.1) is 5.92 Å². The van der Waals surface area contributed by atoms with Crippen molar-refractivity contribution in [1.82, 2.24) is 5.32 Å². The Morgan fingerprint density at radius 2 is 2.00 bits per heavy atom. The van der Waals surface area contributed by atoms with Crippen LogP contribution in [-0.2, 0) is 0 Å².